The summed E-state index contributed by atoms with van der Waals surface area (Å²) in [6.45, 7) is 3.46. The minimum atomic E-state index is 0.686. The Morgan fingerprint density at radius 1 is 1.22 bits per heavy atom. The number of rotatable bonds is 6. The molecular weight excluding hydrogens is 230 g/mol. The first-order valence-corrected chi connectivity index (χ1v) is 5.91. The monoisotopic (exact) mass is 247 g/mol. The number of benzene rings is 1. The summed E-state index contributed by atoms with van der Waals surface area (Å²) in [6.07, 6.45) is 0.967. The van der Waals surface area contributed by atoms with Crippen LogP contribution >= 0.6 is 0 Å². The summed E-state index contributed by atoms with van der Waals surface area (Å²) in [5, 5.41) is 10.9. The van der Waals surface area contributed by atoms with Crippen LogP contribution in [0.25, 0.3) is 0 Å². The maximum atomic E-state index is 5.12. The van der Waals surface area contributed by atoms with Crippen LogP contribution in [0.2, 0.25) is 0 Å². The Balaban J connectivity index is 1.73. The molecule has 0 bridgehead atoms. The molecule has 0 saturated carbocycles. The van der Waals surface area contributed by atoms with E-state index in [9.17, 15) is 0 Å². The van der Waals surface area contributed by atoms with Gasteiger partial charge in [-0.25, -0.2) is 4.63 Å². The highest BCUT2D eigenvalue weighted by molar-refractivity contribution is 5.27. The van der Waals surface area contributed by atoms with E-state index in [1.165, 1.54) is 5.56 Å². The SMILES string of the molecule is COc1ccc(CCNCc2nonc2C)cc1. The maximum absolute atomic E-state index is 5.12. The molecule has 0 radical (unpaired) electrons. The molecule has 0 fully saturated rings. The van der Waals surface area contributed by atoms with Crippen molar-refractivity contribution in [2.75, 3.05) is 13.7 Å². The van der Waals surface area contributed by atoms with Crippen molar-refractivity contribution in [1.82, 2.24) is 15.6 Å². The predicted octanol–water partition coefficient (Wildman–Crippen LogP) is 1.72. The quantitative estimate of drug-likeness (QED) is 0.787. The van der Waals surface area contributed by atoms with Crippen LogP contribution in [0.15, 0.2) is 28.9 Å². The zero-order valence-corrected chi connectivity index (χ0v) is 10.6. The van der Waals surface area contributed by atoms with Gasteiger partial charge in [-0.3, -0.25) is 0 Å². The predicted molar refractivity (Wildman–Crippen MR) is 67.4 cm³/mol. The first kappa shape index (κ1) is 12.6. The molecule has 2 rings (SSSR count). The molecule has 1 heterocycles. The van der Waals surface area contributed by atoms with Crippen molar-refractivity contribution >= 4 is 0 Å². The fourth-order valence-electron chi connectivity index (χ4n) is 1.64. The fraction of sp³-hybridized carbons (Fsp3) is 0.385. The summed E-state index contributed by atoms with van der Waals surface area (Å²) in [4.78, 5) is 0. The van der Waals surface area contributed by atoms with Crippen LogP contribution in [0.4, 0.5) is 0 Å². The maximum Gasteiger partial charge on any atom is 0.121 e. The highest BCUT2D eigenvalue weighted by Gasteiger charge is 2.03. The number of methoxy groups -OCH3 is 1. The van der Waals surface area contributed by atoms with E-state index < -0.39 is 0 Å². The molecule has 0 aliphatic rings. The first-order chi connectivity index (χ1) is 8.79. The third-order valence-electron chi connectivity index (χ3n) is 2.79. The number of nitrogens with zero attached hydrogens (tertiary/aromatic N) is 2. The molecule has 96 valence electrons. The van der Waals surface area contributed by atoms with E-state index in [4.69, 9.17) is 4.74 Å². The van der Waals surface area contributed by atoms with Gasteiger partial charge in [0.05, 0.1) is 7.11 Å². The topological polar surface area (TPSA) is 60.2 Å². The Morgan fingerprint density at radius 2 is 2.00 bits per heavy atom. The van der Waals surface area contributed by atoms with Crippen LogP contribution in [0.5, 0.6) is 5.75 Å². The standard InChI is InChI=1S/C13H17N3O2/c1-10-13(16-18-15-10)9-14-8-7-11-3-5-12(17-2)6-4-11/h3-6,14H,7-9H2,1-2H3. The smallest absolute Gasteiger partial charge is 0.121 e. The van der Waals surface area contributed by atoms with Gasteiger partial charge in [-0.05, 0) is 37.6 Å². The summed E-state index contributed by atoms with van der Waals surface area (Å²) in [6, 6.07) is 8.09. The molecule has 5 heteroatoms. The molecule has 0 atom stereocenters. The van der Waals surface area contributed by atoms with E-state index in [0.29, 0.717) is 6.54 Å². The number of aromatic nitrogens is 2. The van der Waals surface area contributed by atoms with Crippen molar-refractivity contribution in [3.8, 4) is 5.75 Å². The lowest BCUT2D eigenvalue weighted by molar-refractivity contribution is 0.300. The Bertz CT molecular complexity index is 479. The molecule has 5 nitrogen and oxygen atoms in total. The molecule has 18 heavy (non-hydrogen) atoms. The van der Waals surface area contributed by atoms with Crippen LogP contribution in [0, 0.1) is 6.92 Å². The number of hydrogen-bond acceptors (Lipinski definition) is 5. The Hall–Kier alpha value is -1.88. The van der Waals surface area contributed by atoms with Gasteiger partial charge in [0.15, 0.2) is 0 Å². The average molecular weight is 247 g/mol. The molecule has 0 spiro atoms. The highest BCUT2D eigenvalue weighted by Crippen LogP contribution is 2.11. The Morgan fingerprint density at radius 3 is 2.61 bits per heavy atom. The zero-order valence-electron chi connectivity index (χ0n) is 10.6. The third-order valence-corrected chi connectivity index (χ3v) is 2.79. The molecular formula is C13H17N3O2. The van der Waals surface area contributed by atoms with Gasteiger partial charge >= 0.3 is 0 Å². The molecule has 0 aliphatic heterocycles. The third kappa shape index (κ3) is 3.30. The molecule has 1 aromatic heterocycles. The van der Waals surface area contributed by atoms with E-state index in [-0.39, 0.29) is 0 Å². The summed E-state index contributed by atoms with van der Waals surface area (Å²) >= 11 is 0. The lowest BCUT2D eigenvalue weighted by Gasteiger charge is -2.04. The summed E-state index contributed by atoms with van der Waals surface area (Å²) in [5.41, 5.74) is 2.98. The minimum absolute atomic E-state index is 0.686. The second kappa shape index (κ2) is 6.16. The molecule has 2 aromatic rings. The lowest BCUT2D eigenvalue weighted by atomic mass is 10.1. The Kier molecular flexibility index (Phi) is 4.30. The summed E-state index contributed by atoms with van der Waals surface area (Å²) in [7, 11) is 1.67. The van der Waals surface area contributed by atoms with Gasteiger partial charge in [-0.1, -0.05) is 22.4 Å². The lowest BCUT2D eigenvalue weighted by Crippen LogP contribution is -2.17. The molecule has 1 N–H and O–H groups in total. The zero-order chi connectivity index (χ0) is 12.8. The molecule has 1 aromatic carbocycles. The van der Waals surface area contributed by atoms with Gasteiger partial charge < -0.3 is 10.1 Å². The number of aryl methyl sites for hydroxylation is 1. The van der Waals surface area contributed by atoms with Crippen molar-refractivity contribution in [2.24, 2.45) is 0 Å². The van der Waals surface area contributed by atoms with Crippen LogP contribution in [0.3, 0.4) is 0 Å². The second-order valence-electron chi connectivity index (χ2n) is 4.07. The van der Waals surface area contributed by atoms with Gasteiger partial charge in [0.25, 0.3) is 0 Å². The van der Waals surface area contributed by atoms with Crippen molar-refractivity contribution in [3.05, 3.63) is 41.2 Å². The molecule has 0 aliphatic carbocycles. The van der Waals surface area contributed by atoms with Crippen molar-refractivity contribution < 1.29 is 9.37 Å². The van der Waals surface area contributed by atoms with Crippen LogP contribution in [0.1, 0.15) is 17.0 Å². The van der Waals surface area contributed by atoms with Gasteiger partial charge in [0.1, 0.15) is 17.1 Å². The van der Waals surface area contributed by atoms with Gasteiger partial charge in [-0.2, -0.15) is 0 Å². The van der Waals surface area contributed by atoms with Crippen LogP contribution in [-0.4, -0.2) is 24.0 Å². The second-order valence-corrected chi connectivity index (χ2v) is 4.07. The van der Waals surface area contributed by atoms with Crippen LogP contribution in [-0.2, 0) is 13.0 Å². The first-order valence-electron chi connectivity index (χ1n) is 5.91. The fourth-order valence-corrected chi connectivity index (χ4v) is 1.64. The van der Waals surface area contributed by atoms with Gasteiger partial charge in [0.2, 0.25) is 0 Å². The molecule has 0 saturated heterocycles. The van der Waals surface area contributed by atoms with Crippen molar-refractivity contribution in [3.63, 3.8) is 0 Å². The average Bonchev–Trinajstić information content (AvgIpc) is 2.81. The number of hydrogen-bond donors (Lipinski definition) is 1. The Labute approximate surface area is 106 Å². The summed E-state index contributed by atoms with van der Waals surface area (Å²) in [5.74, 6) is 0.885. The molecule has 0 unspecified atom stereocenters. The van der Waals surface area contributed by atoms with Crippen LogP contribution < -0.4 is 10.1 Å². The van der Waals surface area contributed by atoms with Gasteiger partial charge in [-0.15, -0.1) is 0 Å². The molecule has 0 amide bonds. The van der Waals surface area contributed by atoms with E-state index in [1.807, 2.05) is 19.1 Å². The number of ether oxygens (including phenoxy) is 1. The van der Waals surface area contributed by atoms with E-state index in [1.54, 1.807) is 7.11 Å². The number of nitrogens with one attached hydrogen (secondary N) is 1. The van der Waals surface area contributed by atoms with Crippen molar-refractivity contribution in [2.45, 2.75) is 19.9 Å². The van der Waals surface area contributed by atoms with E-state index in [0.717, 1.165) is 30.1 Å². The van der Waals surface area contributed by atoms with E-state index in [2.05, 4.69) is 32.4 Å². The van der Waals surface area contributed by atoms with Crippen molar-refractivity contribution in [1.29, 1.82) is 0 Å². The van der Waals surface area contributed by atoms with Gasteiger partial charge in [0, 0.05) is 6.54 Å². The minimum Gasteiger partial charge on any atom is -0.497 e. The largest absolute Gasteiger partial charge is 0.497 e. The normalized spacial score (nSPS) is 10.6. The summed E-state index contributed by atoms with van der Waals surface area (Å²) < 4.78 is 9.75. The van der Waals surface area contributed by atoms with E-state index >= 15 is 0 Å². The highest BCUT2D eigenvalue weighted by atomic mass is 16.6.